The molecule has 0 aromatic heterocycles. The summed E-state index contributed by atoms with van der Waals surface area (Å²) in [4.78, 5) is 14.5. The molecule has 4 heteroatoms. The molecule has 1 aromatic rings. The second-order valence-electron chi connectivity index (χ2n) is 6.02. The lowest BCUT2D eigenvalue weighted by Crippen LogP contribution is -2.45. The lowest BCUT2D eigenvalue weighted by atomic mass is 9.93. The number of nitrogens with two attached hydrogens (primary N) is 1. The Balaban J connectivity index is 2.04. The Bertz CT molecular complexity index is 491. The van der Waals surface area contributed by atoms with E-state index in [2.05, 4.69) is 38.1 Å². The summed E-state index contributed by atoms with van der Waals surface area (Å²) >= 11 is 1.74. The molecular weight excluding hydrogens is 280 g/mol. The van der Waals surface area contributed by atoms with Crippen LogP contribution in [0.5, 0.6) is 0 Å². The van der Waals surface area contributed by atoms with Gasteiger partial charge in [0.15, 0.2) is 0 Å². The Morgan fingerprint density at radius 3 is 2.86 bits per heavy atom. The molecule has 3 nitrogen and oxygen atoms in total. The Morgan fingerprint density at radius 2 is 2.19 bits per heavy atom. The third-order valence-electron chi connectivity index (χ3n) is 4.44. The van der Waals surface area contributed by atoms with Crippen LogP contribution in [-0.2, 0) is 4.79 Å². The first-order valence-corrected chi connectivity index (χ1v) is 9.04. The van der Waals surface area contributed by atoms with Crippen LogP contribution < -0.4 is 5.73 Å². The van der Waals surface area contributed by atoms with Crippen LogP contribution in [-0.4, -0.2) is 41.4 Å². The fourth-order valence-electron chi connectivity index (χ4n) is 3.19. The van der Waals surface area contributed by atoms with E-state index in [1.54, 1.807) is 11.8 Å². The summed E-state index contributed by atoms with van der Waals surface area (Å²) in [5.41, 5.74) is 8.74. The Kier molecular flexibility index (Phi) is 5.71. The van der Waals surface area contributed by atoms with Crippen molar-refractivity contribution in [3.63, 3.8) is 0 Å². The SMILES string of the molecule is CSCC[C@H](N)C(=O)N1C[C@H](c2ccccc2C)C[C@@H]1C. The van der Waals surface area contributed by atoms with Gasteiger partial charge in [0.05, 0.1) is 6.04 Å². The quantitative estimate of drug-likeness (QED) is 0.910. The molecule has 0 bridgehead atoms. The smallest absolute Gasteiger partial charge is 0.239 e. The normalized spacial score (nSPS) is 23.3. The Hall–Kier alpha value is -1.00. The topological polar surface area (TPSA) is 46.3 Å². The molecule has 116 valence electrons. The van der Waals surface area contributed by atoms with Crippen molar-refractivity contribution in [3.8, 4) is 0 Å². The average Bonchev–Trinajstić information content (AvgIpc) is 2.86. The lowest BCUT2D eigenvalue weighted by Gasteiger charge is -2.25. The summed E-state index contributed by atoms with van der Waals surface area (Å²) in [7, 11) is 0. The highest BCUT2D eigenvalue weighted by Crippen LogP contribution is 2.33. The molecule has 1 aliphatic rings. The standard InChI is InChI=1S/C17H26N2OS/c1-12-6-4-5-7-15(12)14-10-13(2)19(11-14)17(20)16(18)8-9-21-3/h4-7,13-14,16H,8-11,18H2,1-3H3/t13-,14+,16-/m0/s1. The molecule has 0 spiro atoms. The second-order valence-corrected chi connectivity index (χ2v) is 7.00. The van der Waals surface area contributed by atoms with Gasteiger partial charge in [0.25, 0.3) is 0 Å². The van der Waals surface area contributed by atoms with E-state index in [1.807, 2.05) is 11.2 Å². The van der Waals surface area contributed by atoms with Gasteiger partial charge in [-0.15, -0.1) is 0 Å². The number of hydrogen-bond donors (Lipinski definition) is 1. The molecule has 0 unspecified atom stereocenters. The molecule has 1 saturated heterocycles. The van der Waals surface area contributed by atoms with E-state index in [0.717, 1.165) is 25.1 Å². The lowest BCUT2D eigenvalue weighted by molar-refractivity contribution is -0.133. The molecule has 2 rings (SSSR count). The maximum Gasteiger partial charge on any atom is 0.239 e. The molecule has 1 aliphatic heterocycles. The van der Waals surface area contributed by atoms with Gasteiger partial charge in [-0.3, -0.25) is 4.79 Å². The van der Waals surface area contributed by atoms with E-state index in [0.29, 0.717) is 5.92 Å². The number of carbonyl (C=O) groups excluding carboxylic acids is 1. The highest BCUT2D eigenvalue weighted by molar-refractivity contribution is 7.98. The largest absolute Gasteiger partial charge is 0.338 e. The number of thioether (sulfide) groups is 1. The van der Waals surface area contributed by atoms with Crippen molar-refractivity contribution in [2.24, 2.45) is 5.73 Å². The van der Waals surface area contributed by atoms with Gasteiger partial charge in [-0.05, 0) is 49.8 Å². The molecule has 1 fully saturated rings. The minimum Gasteiger partial charge on any atom is -0.338 e. The zero-order valence-electron chi connectivity index (χ0n) is 13.2. The van der Waals surface area contributed by atoms with E-state index in [4.69, 9.17) is 5.73 Å². The fraction of sp³-hybridized carbons (Fsp3) is 0.588. The van der Waals surface area contributed by atoms with Gasteiger partial charge in [0.2, 0.25) is 5.91 Å². The van der Waals surface area contributed by atoms with Crippen molar-refractivity contribution in [1.82, 2.24) is 4.90 Å². The third kappa shape index (κ3) is 3.80. The van der Waals surface area contributed by atoms with Crippen LogP contribution in [0.3, 0.4) is 0 Å². The van der Waals surface area contributed by atoms with Crippen molar-refractivity contribution >= 4 is 17.7 Å². The van der Waals surface area contributed by atoms with Gasteiger partial charge in [0, 0.05) is 18.5 Å². The van der Waals surface area contributed by atoms with Gasteiger partial charge >= 0.3 is 0 Å². The van der Waals surface area contributed by atoms with Gasteiger partial charge in [-0.25, -0.2) is 0 Å². The average molecular weight is 306 g/mol. The van der Waals surface area contributed by atoms with Gasteiger partial charge in [0.1, 0.15) is 0 Å². The molecule has 3 atom stereocenters. The maximum atomic E-state index is 12.5. The third-order valence-corrected chi connectivity index (χ3v) is 5.08. The van der Waals surface area contributed by atoms with Crippen molar-refractivity contribution in [1.29, 1.82) is 0 Å². The van der Waals surface area contributed by atoms with Crippen LogP contribution in [0.15, 0.2) is 24.3 Å². The molecule has 2 N–H and O–H groups in total. The maximum absolute atomic E-state index is 12.5. The van der Waals surface area contributed by atoms with E-state index in [-0.39, 0.29) is 18.0 Å². The van der Waals surface area contributed by atoms with E-state index < -0.39 is 0 Å². The molecule has 0 aliphatic carbocycles. The number of amides is 1. The minimum atomic E-state index is -0.351. The van der Waals surface area contributed by atoms with E-state index in [9.17, 15) is 4.79 Å². The van der Waals surface area contributed by atoms with Crippen molar-refractivity contribution in [2.75, 3.05) is 18.6 Å². The number of aryl methyl sites for hydroxylation is 1. The van der Waals surface area contributed by atoms with Gasteiger partial charge in [-0.1, -0.05) is 24.3 Å². The Labute approximate surface area is 132 Å². The number of likely N-dealkylation sites (tertiary alicyclic amines) is 1. The number of carbonyl (C=O) groups is 1. The zero-order chi connectivity index (χ0) is 15.4. The molecule has 1 amide bonds. The molecule has 1 aromatic carbocycles. The number of hydrogen-bond acceptors (Lipinski definition) is 3. The zero-order valence-corrected chi connectivity index (χ0v) is 14.0. The molecule has 21 heavy (non-hydrogen) atoms. The van der Waals surface area contributed by atoms with Crippen LogP contribution in [0.4, 0.5) is 0 Å². The fourth-order valence-corrected chi connectivity index (χ4v) is 3.68. The summed E-state index contributed by atoms with van der Waals surface area (Å²) < 4.78 is 0. The first kappa shape index (κ1) is 16.4. The van der Waals surface area contributed by atoms with Gasteiger partial charge in [-0.2, -0.15) is 11.8 Å². The molecular formula is C17H26N2OS. The summed E-state index contributed by atoms with van der Waals surface area (Å²) in [5.74, 6) is 1.50. The first-order chi connectivity index (χ1) is 10.0. The molecule has 0 saturated carbocycles. The van der Waals surface area contributed by atoms with Crippen LogP contribution in [0.1, 0.15) is 36.8 Å². The van der Waals surface area contributed by atoms with Crippen molar-refractivity contribution < 1.29 is 4.79 Å². The number of nitrogens with zero attached hydrogens (tertiary/aromatic N) is 1. The van der Waals surface area contributed by atoms with Crippen LogP contribution in [0.25, 0.3) is 0 Å². The number of benzene rings is 1. The minimum absolute atomic E-state index is 0.118. The summed E-state index contributed by atoms with van der Waals surface area (Å²) in [5, 5.41) is 0. The highest BCUT2D eigenvalue weighted by atomic mass is 32.2. The number of rotatable bonds is 5. The second kappa shape index (κ2) is 7.32. The molecule has 1 heterocycles. The summed E-state index contributed by atoms with van der Waals surface area (Å²) in [6.45, 7) is 5.09. The van der Waals surface area contributed by atoms with E-state index >= 15 is 0 Å². The van der Waals surface area contributed by atoms with Crippen LogP contribution in [0, 0.1) is 6.92 Å². The van der Waals surface area contributed by atoms with Crippen molar-refractivity contribution in [3.05, 3.63) is 35.4 Å². The van der Waals surface area contributed by atoms with Crippen LogP contribution in [0.2, 0.25) is 0 Å². The molecule has 0 radical (unpaired) electrons. The van der Waals surface area contributed by atoms with E-state index in [1.165, 1.54) is 11.1 Å². The Morgan fingerprint density at radius 1 is 1.48 bits per heavy atom. The van der Waals surface area contributed by atoms with Crippen LogP contribution >= 0.6 is 11.8 Å². The summed E-state index contributed by atoms with van der Waals surface area (Å²) in [6.07, 6.45) is 3.84. The summed E-state index contributed by atoms with van der Waals surface area (Å²) in [6, 6.07) is 8.42. The first-order valence-electron chi connectivity index (χ1n) is 7.65. The van der Waals surface area contributed by atoms with Gasteiger partial charge < -0.3 is 10.6 Å². The monoisotopic (exact) mass is 306 g/mol. The predicted molar refractivity (Wildman–Crippen MR) is 90.7 cm³/mol. The highest BCUT2D eigenvalue weighted by Gasteiger charge is 2.35. The predicted octanol–water partition coefficient (Wildman–Crippen LogP) is 2.78. The van der Waals surface area contributed by atoms with Crippen molar-refractivity contribution in [2.45, 2.75) is 44.7 Å².